The molecule has 1 aliphatic rings. The number of aryl methyl sites for hydroxylation is 1. The van der Waals surface area contributed by atoms with Gasteiger partial charge in [-0.05, 0) is 69.7 Å². The van der Waals surface area contributed by atoms with Gasteiger partial charge in [0.15, 0.2) is 0 Å². The zero-order valence-electron chi connectivity index (χ0n) is 13.8. The van der Waals surface area contributed by atoms with Crippen molar-refractivity contribution in [3.8, 4) is 0 Å². The number of sulfonamides is 1. The molecule has 1 aromatic carbocycles. The SMILES string of the molecule is C[C@@]1(CCCNS(=O)(=O)CCCc2ccc(Cl)cc2)CCCN1. The van der Waals surface area contributed by atoms with Gasteiger partial charge in [-0.2, -0.15) is 0 Å². The molecule has 0 spiro atoms. The minimum absolute atomic E-state index is 0.172. The van der Waals surface area contributed by atoms with Crippen LogP contribution in [0.15, 0.2) is 24.3 Å². The third-order valence-electron chi connectivity index (χ3n) is 4.48. The van der Waals surface area contributed by atoms with Crippen LogP contribution < -0.4 is 10.0 Å². The Morgan fingerprint density at radius 1 is 1.26 bits per heavy atom. The van der Waals surface area contributed by atoms with E-state index in [1.807, 2.05) is 24.3 Å². The Labute approximate surface area is 145 Å². The molecule has 0 bridgehead atoms. The molecule has 1 heterocycles. The second-order valence-corrected chi connectivity index (χ2v) is 9.00. The zero-order chi connectivity index (χ0) is 16.8. The molecule has 0 radical (unpaired) electrons. The fourth-order valence-corrected chi connectivity index (χ4v) is 4.32. The lowest BCUT2D eigenvalue weighted by atomic mass is 9.94. The smallest absolute Gasteiger partial charge is 0.211 e. The summed E-state index contributed by atoms with van der Waals surface area (Å²) in [7, 11) is -3.17. The summed E-state index contributed by atoms with van der Waals surface area (Å²) in [5.74, 6) is 0.172. The van der Waals surface area contributed by atoms with Crippen LogP contribution in [-0.4, -0.2) is 32.8 Å². The predicted octanol–water partition coefficient (Wildman–Crippen LogP) is 3.11. The van der Waals surface area contributed by atoms with E-state index >= 15 is 0 Å². The van der Waals surface area contributed by atoms with Gasteiger partial charge in [0.1, 0.15) is 0 Å². The van der Waals surface area contributed by atoms with Crippen LogP contribution in [-0.2, 0) is 16.4 Å². The van der Waals surface area contributed by atoms with Gasteiger partial charge in [0.25, 0.3) is 0 Å². The summed E-state index contributed by atoms with van der Waals surface area (Å²) in [4.78, 5) is 0. The van der Waals surface area contributed by atoms with Gasteiger partial charge in [0, 0.05) is 17.1 Å². The first-order valence-corrected chi connectivity index (χ1v) is 10.4. The first-order valence-electron chi connectivity index (χ1n) is 8.35. The van der Waals surface area contributed by atoms with Crippen LogP contribution in [0.2, 0.25) is 5.02 Å². The largest absolute Gasteiger partial charge is 0.312 e. The molecule has 2 N–H and O–H groups in total. The van der Waals surface area contributed by atoms with Gasteiger partial charge in [0.2, 0.25) is 10.0 Å². The van der Waals surface area contributed by atoms with E-state index in [4.69, 9.17) is 11.6 Å². The Morgan fingerprint density at radius 2 is 2.00 bits per heavy atom. The average molecular weight is 359 g/mol. The van der Waals surface area contributed by atoms with Crippen LogP contribution >= 0.6 is 11.6 Å². The van der Waals surface area contributed by atoms with Gasteiger partial charge >= 0.3 is 0 Å². The lowest BCUT2D eigenvalue weighted by molar-refractivity contribution is 0.373. The number of halogens is 1. The molecule has 1 aliphatic heterocycles. The van der Waals surface area contributed by atoms with E-state index in [9.17, 15) is 8.42 Å². The molecule has 6 heteroatoms. The van der Waals surface area contributed by atoms with Crippen molar-refractivity contribution < 1.29 is 8.42 Å². The highest BCUT2D eigenvalue weighted by Crippen LogP contribution is 2.23. The summed E-state index contributed by atoms with van der Waals surface area (Å²) in [6.45, 7) is 3.83. The summed E-state index contributed by atoms with van der Waals surface area (Å²) in [6.07, 6.45) is 5.66. The fraction of sp³-hybridized carbons (Fsp3) is 0.647. The van der Waals surface area contributed by atoms with E-state index in [1.165, 1.54) is 12.8 Å². The fourth-order valence-electron chi connectivity index (χ4n) is 3.07. The maximum absolute atomic E-state index is 12.0. The molecule has 0 amide bonds. The minimum atomic E-state index is -3.17. The molecule has 4 nitrogen and oxygen atoms in total. The molecule has 0 aromatic heterocycles. The van der Waals surface area contributed by atoms with Crippen molar-refractivity contribution in [2.24, 2.45) is 0 Å². The normalized spacial score (nSPS) is 21.7. The molecule has 1 atom stereocenters. The lowest BCUT2D eigenvalue weighted by Crippen LogP contribution is -2.37. The van der Waals surface area contributed by atoms with Crippen molar-refractivity contribution in [2.45, 2.75) is 51.0 Å². The second kappa shape index (κ2) is 8.47. The molecule has 130 valence electrons. The number of hydrogen-bond acceptors (Lipinski definition) is 3. The molecular formula is C17H27ClN2O2S. The van der Waals surface area contributed by atoms with Gasteiger partial charge in [-0.15, -0.1) is 0 Å². The molecule has 0 saturated carbocycles. The Kier molecular flexibility index (Phi) is 6.89. The Morgan fingerprint density at radius 3 is 2.65 bits per heavy atom. The summed E-state index contributed by atoms with van der Waals surface area (Å²) in [6, 6.07) is 7.55. The first kappa shape index (κ1) is 18.7. The Hall–Kier alpha value is -0.620. The molecule has 2 rings (SSSR count). The van der Waals surface area contributed by atoms with Crippen molar-refractivity contribution in [3.05, 3.63) is 34.9 Å². The van der Waals surface area contributed by atoms with Crippen molar-refractivity contribution in [1.82, 2.24) is 10.0 Å². The summed E-state index contributed by atoms with van der Waals surface area (Å²) < 4.78 is 26.7. The van der Waals surface area contributed by atoms with Gasteiger partial charge in [-0.1, -0.05) is 23.7 Å². The summed E-state index contributed by atoms with van der Waals surface area (Å²) >= 11 is 5.84. The minimum Gasteiger partial charge on any atom is -0.312 e. The zero-order valence-corrected chi connectivity index (χ0v) is 15.3. The average Bonchev–Trinajstić information content (AvgIpc) is 2.93. The van der Waals surface area contributed by atoms with E-state index in [0.29, 0.717) is 18.0 Å². The predicted molar refractivity (Wildman–Crippen MR) is 96.4 cm³/mol. The molecule has 1 fully saturated rings. The number of benzene rings is 1. The molecule has 0 unspecified atom stereocenters. The summed E-state index contributed by atoms with van der Waals surface area (Å²) in [5.41, 5.74) is 1.31. The third-order valence-corrected chi connectivity index (χ3v) is 6.20. The van der Waals surface area contributed by atoms with Gasteiger partial charge < -0.3 is 5.32 Å². The van der Waals surface area contributed by atoms with E-state index in [-0.39, 0.29) is 11.3 Å². The quantitative estimate of drug-likeness (QED) is 0.667. The van der Waals surface area contributed by atoms with Crippen molar-refractivity contribution in [1.29, 1.82) is 0 Å². The van der Waals surface area contributed by atoms with Crippen LogP contribution in [0.4, 0.5) is 0 Å². The van der Waals surface area contributed by atoms with Crippen molar-refractivity contribution in [3.63, 3.8) is 0 Å². The number of nitrogens with one attached hydrogen (secondary N) is 2. The highest BCUT2D eigenvalue weighted by molar-refractivity contribution is 7.89. The van der Waals surface area contributed by atoms with Gasteiger partial charge in [-0.3, -0.25) is 0 Å². The highest BCUT2D eigenvalue weighted by atomic mass is 35.5. The monoisotopic (exact) mass is 358 g/mol. The molecule has 23 heavy (non-hydrogen) atoms. The van der Waals surface area contributed by atoms with Crippen molar-refractivity contribution >= 4 is 21.6 Å². The maximum Gasteiger partial charge on any atom is 0.211 e. The first-order chi connectivity index (χ1) is 10.9. The summed E-state index contributed by atoms with van der Waals surface area (Å²) in [5, 5.41) is 4.20. The number of rotatable bonds is 9. The third kappa shape index (κ3) is 6.79. The Balaban J connectivity index is 1.63. The maximum atomic E-state index is 12.0. The van der Waals surface area contributed by atoms with Crippen LogP contribution in [0, 0.1) is 0 Å². The van der Waals surface area contributed by atoms with Crippen LogP contribution in [0.3, 0.4) is 0 Å². The van der Waals surface area contributed by atoms with E-state index in [1.54, 1.807) is 0 Å². The van der Waals surface area contributed by atoms with Crippen LogP contribution in [0.25, 0.3) is 0 Å². The standard InChI is InChI=1S/C17H27ClN2O2S/c1-17(10-3-12-19-17)11-4-13-20-23(21,22)14-2-5-15-6-8-16(18)9-7-15/h6-9,19-20H,2-5,10-14H2,1H3/t17-/m0/s1. The van der Waals surface area contributed by atoms with E-state index in [2.05, 4.69) is 17.0 Å². The molecule has 0 aliphatic carbocycles. The molecule has 1 aromatic rings. The molecular weight excluding hydrogens is 332 g/mol. The van der Waals surface area contributed by atoms with Crippen LogP contribution in [0.5, 0.6) is 0 Å². The lowest BCUT2D eigenvalue weighted by Gasteiger charge is -2.24. The van der Waals surface area contributed by atoms with E-state index in [0.717, 1.165) is 31.4 Å². The van der Waals surface area contributed by atoms with Gasteiger partial charge in [0.05, 0.1) is 5.75 Å². The Bertz CT molecular complexity index is 581. The van der Waals surface area contributed by atoms with E-state index < -0.39 is 10.0 Å². The van der Waals surface area contributed by atoms with Crippen LogP contribution in [0.1, 0.15) is 44.6 Å². The topological polar surface area (TPSA) is 58.2 Å². The van der Waals surface area contributed by atoms with Gasteiger partial charge in [-0.25, -0.2) is 13.1 Å². The molecule has 1 saturated heterocycles. The van der Waals surface area contributed by atoms with Crippen molar-refractivity contribution in [2.75, 3.05) is 18.8 Å². The highest BCUT2D eigenvalue weighted by Gasteiger charge is 2.27. The second-order valence-electron chi connectivity index (χ2n) is 6.64. The number of hydrogen-bond donors (Lipinski definition) is 2.